The molecule has 1 aromatic rings. The Labute approximate surface area is 80.1 Å². The van der Waals surface area contributed by atoms with E-state index < -0.39 is 13.0 Å². The topological polar surface area (TPSA) is 61.0 Å². The number of aryl methyl sites for hydroxylation is 1. The fourth-order valence-electron chi connectivity index (χ4n) is 0.960. The molecule has 0 fully saturated rings. The second-order valence-electron chi connectivity index (χ2n) is 2.76. The molecule has 0 saturated carbocycles. The van der Waals surface area contributed by atoms with Crippen molar-refractivity contribution in [3.63, 3.8) is 0 Å². The lowest BCUT2D eigenvalue weighted by atomic mass is 10.4. The van der Waals surface area contributed by atoms with E-state index in [0.29, 0.717) is 17.3 Å². The molecular formula is C8H11F2N3O. The second kappa shape index (κ2) is 4.80. The van der Waals surface area contributed by atoms with Crippen molar-refractivity contribution in [3.05, 3.63) is 17.6 Å². The standard InChI is InChI=1S/C8H11F2N3O/c1-5-2-7(11)13-8(12-5)4-14-3-6(9)10/h2,6H,3-4H2,1H3,(H2,11,12,13). The van der Waals surface area contributed by atoms with Crippen LogP contribution in [0, 0.1) is 6.92 Å². The number of hydrogen-bond donors (Lipinski definition) is 1. The van der Waals surface area contributed by atoms with Crippen LogP contribution in [0.2, 0.25) is 0 Å². The Hall–Kier alpha value is -1.30. The molecule has 0 amide bonds. The molecule has 0 aliphatic heterocycles. The number of nitrogens with two attached hydrogens (primary N) is 1. The molecule has 0 aliphatic carbocycles. The van der Waals surface area contributed by atoms with Crippen molar-refractivity contribution in [2.45, 2.75) is 20.0 Å². The highest BCUT2D eigenvalue weighted by atomic mass is 19.3. The van der Waals surface area contributed by atoms with E-state index >= 15 is 0 Å². The van der Waals surface area contributed by atoms with E-state index in [1.165, 1.54) is 0 Å². The number of nitrogen functional groups attached to an aromatic ring is 1. The Kier molecular flexibility index (Phi) is 3.70. The average Bonchev–Trinajstić information content (AvgIpc) is 2.01. The summed E-state index contributed by atoms with van der Waals surface area (Å²) in [7, 11) is 0. The summed E-state index contributed by atoms with van der Waals surface area (Å²) in [6.45, 7) is 1.09. The molecule has 0 atom stereocenters. The number of alkyl halides is 2. The van der Waals surface area contributed by atoms with E-state index in [2.05, 4.69) is 14.7 Å². The van der Waals surface area contributed by atoms with Gasteiger partial charge in [-0.1, -0.05) is 0 Å². The van der Waals surface area contributed by atoms with Gasteiger partial charge in [0.2, 0.25) is 0 Å². The Morgan fingerprint density at radius 3 is 2.79 bits per heavy atom. The number of anilines is 1. The first kappa shape index (κ1) is 10.8. The molecule has 4 nitrogen and oxygen atoms in total. The molecule has 0 aromatic carbocycles. The summed E-state index contributed by atoms with van der Waals surface area (Å²) in [5.41, 5.74) is 6.12. The van der Waals surface area contributed by atoms with Gasteiger partial charge < -0.3 is 10.5 Å². The van der Waals surface area contributed by atoms with Crippen molar-refractivity contribution in [2.24, 2.45) is 0 Å². The minimum atomic E-state index is -2.47. The first-order chi connectivity index (χ1) is 6.58. The quantitative estimate of drug-likeness (QED) is 0.797. The van der Waals surface area contributed by atoms with Gasteiger partial charge in [0.1, 0.15) is 19.0 Å². The van der Waals surface area contributed by atoms with Crippen molar-refractivity contribution in [1.82, 2.24) is 9.97 Å². The van der Waals surface area contributed by atoms with Gasteiger partial charge in [0.05, 0.1) is 0 Å². The van der Waals surface area contributed by atoms with Crippen molar-refractivity contribution in [2.75, 3.05) is 12.3 Å². The Balaban J connectivity index is 2.50. The largest absolute Gasteiger partial charge is 0.384 e. The van der Waals surface area contributed by atoms with Gasteiger partial charge in [-0.3, -0.25) is 0 Å². The van der Waals surface area contributed by atoms with Crippen LogP contribution in [0.4, 0.5) is 14.6 Å². The van der Waals surface area contributed by atoms with Crippen LogP contribution in [-0.2, 0) is 11.3 Å². The van der Waals surface area contributed by atoms with Crippen molar-refractivity contribution in [3.8, 4) is 0 Å². The number of ether oxygens (including phenoxy) is 1. The second-order valence-corrected chi connectivity index (χ2v) is 2.76. The number of hydrogen-bond acceptors (Lipinski definition) is 4. The summed E-state index contributed by atoms with van der Waals surface area (Å²) in [5, 5.41) is 0. The fourth-order valence-corrected chi connectivity index (χ4v) is 0.960. The first-order valence-corrected chi connectivity index (χ1v) is 4.04. The summed E-state index contributed by atoms with van der Waals surface area (Å²) in [4.78, 5) is 7.80. The van der Waals surface area contributed by atoms with E-state index in [9.17, 15) is 8.78 Å². The monoisotopic (exact) mass is 203 g/mol. The Bertz CT molecular complexity index is 286. The lowest BCUT2D eigenvalue weighted by Crippen LogP contribution is -2.08. The van der Waals surface area contributed by atoms with Crippen molar-refractivity contribution in [1.29, 1.82) is 0 Å². The van der Waals surface area contributed by atoms with E-state index in [-0.39, 0.29) is 6.61 Å². The number of halogens is 2. The predicted molar refractivity (Wildman–Crippen MR) is 46.8 cm³/mol. The van der Waals surface area contributed by atoms with Crippen LogP contribution in [0.3, 0.4) is 0 Å². The molecule has 1 heterocycles. The molecule has 0 aliphatic rings. The summed E-state index contributed by atoms with van der Waals surface area (Å²) in [5.74, 6) is 0.635. The molecule has 0 saturated heterocycles. The van der Waals surface area contributed by atoms with Gasteiger partial charge in [-0.25, -0.2) is 18.7 Å². The summed E-state index contributed by atoms with van der Waals surface area (Å²) < 4.78 is 28.1. The molecule has 0 unspecified atom stereocenters. The molecule has 78 valence electrons. The SMILES string of the molecule is Cc1cc(N)nc(COCC(F)F)n1. The van der Waals surface area contributed by atoms with Crippen LogP contribution in [0.15, 0.2) is 6.07 Å². The van der Waals surface area contributed by atoms with Crippen molar-refractivity contribution < 1.29 is 13.5 Å². The minimum Gasteiger partial charge on any atom is -0.384 e. The van der Waals surface area contributed by atoms with E-state index in [0.717, 1.165) is 0 Å². The lowest BCUT2D eigenvalue weighted by molar-refractivity contribution is 0.00769. The summed E-state index contributed by atoms with van der Waals surface area (Å²) >= 11 is 0. The summed E-state index contributed by atoms with van der Waals surface area (Å²) in [6.07, 6.45) is -2.47. The van der Waals surface area contributed by atoms with Gasteiger partial charge in [0.25, 0.3) is 6.43 Å². The molecule has 0 bridgehead atoms. The van der Waals surface area contributed by atoms with Gasteiger partial charge in [0.15, 0.2) is 5.82 Å². The van der Waals surface area contributed by atoms with Crippen LogP contribution in [0.5, 0.6) is 0 Å². The van der Waals surface area contributed by atoms with E-state index in [1.807, 2.05) is 0 Å². The van der Waals surface area contributed by atoms with Gasteiger partial charge in [-0.15, -0.1) is 0 Å². The summed E-state index contributed by atoms with van der Waals surface area (Å²) in [6, 6.07) is 1.59. The van der Waals surface area contributed by atoms with E-state index in [4.69, 9.17) is 5.73 Å². The lowest BCUT2D eigenvalue weighted by Gasteiger charge is -2.03. The molecule has 0 spiro atoms. The number of rotatable bonds is 4. The maximum absolute atomic E-state index is 11.7. The molecule has 2 N–H and O–H groups in total. The van der Waals surface area contributed by atoms with Crippen molar-refractivity contribution >= 4 is 5.82 Å². The maximum Gasteiger partial charge on any atom is 0.261 e. The predicted octanol–water partition coefficient (Wildman–Crippen LogP) is 1.15. The van der Waals surface area contributed by atoms with Gasteiger partial charge in [-0.05, 0) is 6.92 Å². The number of nitrogens with zero attached hydrogens (tertiary/aromatic N) is 2. The zero-order valence-corrected chi connectivity index (χ0v) is 7.70. The molecule has 1 rings (SSSR count). The molecule has 1 aromatic heterocycles. The van der Waals surface area contributed by atoms with E-state index in [1.54, 1.807) is 13.0 Å². The highest BCUT2D eigenvalue weighted by Gasteiger charge is 2.04. The van der Waals surface area contributed by atoms with Crippen LogP contribution in [0.25, 0.3) is 0 Å². The Morgan fingerprint density at radius 1 is 1.50 bits per heavy atom. The van der Waals surface area contributed by atoms with Gasteiger partial charge in [0, 0.05) is 11.8 Å². The van der Waals surface area contributed by atoms with Crippen LogP contribution in [0.1, 0.15) is 11.5 Å². The van der Waals surface area contributed by atoms with Gasteiger partial charge in [-0.2, -0.15) is 0 Å². The zero-order chi connectivity index (χ0) is 10.6. The first-order valence-electron chi connectivity index (χ1n) is 4.04. The van der Waals surface area contributed by atoms with Crippen LogP contribution in [-0.4, -0.2) is 23.0 Å². The van der Waals surface area contributed by atoms with Crippen LogP contribution >= 0.6 is 0 Å². The van der Waals surface area contributed by atoms with Crippen LogP contribution < -0.4 is 5.73 Å². The molecule has 6 heteroatoms. The molecule has 0 radical (unpaired) electrons. The molecular weight excluding hydrogens is 192 g/mol. The smallest absolute Gasteiger partial charge is 0.261 e. The third kappa shape index (κ3) is 3.61. The highest BCUT2D eigenvalue weighted by Crippen LogP contribution is 2.03. The Morgan fingerprint density at radius 2 is 2.21 bits per heavy atom. The third-order valence-corrected chi connectivity index (χ3v) is 1.40. The van der Waals surface area contributed by atoms with Gasteiger partial charge >= 0.3 is 0 Å². The number of aromatic nitrogens is 2. The zero-order valence-electron chi connectivity index (χ0n) is 7.70. The maximum atomic E-state index is 11.7. The highest BCUT2D eigenvalue weighted by molar-refractivity contribution is 5.28. The average molecular weight is 203 g/mol. The normalized spacial score (nSPS) is 10.9. The third-order valence-electron chi connectivity index (χ3n) is 1.40. The fraction of sp³-hybridized carbons (Fsp3) is 0.500. The minimum absolute atomic E-state index is 0.0454. The molecule has 14 heavy (non-hydrogen) atoms.